The minimum absolute atomic E-state index is 0.454. The van der Waals surface area contributed by atoms with E-state index < -0.39 is 0 Å². The molecule has 3 atom stereocenters. The first kappa shape index (κ1) is 17.9. The predicted octanol–water partition coefficient (Wildman–Crippen LogP) is 1.55. The SMILES string of the molecule is CCNC(=NCC(C)N1CCOCC1C)NC1CCCSC1. The molecular formula is C16H32N4OS. The number of ether oxygens (including phenoxy) is 1. The van der Waals surface area contributed by atoms with Crippen molar-refractivity contribution in [2.75, 3.05) is 44.4 Å². The van der Waals surface area contributed by atoms with Gasteiger partial charge in [0, 0.05) is 37.0 Å². The molecule has 0 spiro atoms. The molecule has 0 amide bonds. The van der Waals surface area contributed by atoms with Gasteiger partial charge < -0.3 is 15.4 Å². The molecule has 2 aliphatic rings. The van der Waals surface area contributed by atoms with Crippen LogP contribution >= 0.6 is 11.8 Å². The molecule has 0 bridgehead atoms. The maximum atomic E-state index is 5.52. The van der Waals surface area contributed by atoms with Crippen molar-refractivity contribution >= 4 is 17.7 Å². The summed E-state index contributed by atoms with van der Waals surface area (Å²) in [5, 5.41) is 6.99. The monoisotopic (exact) mass is 328 g/mol. The molecule has 2 aliphatic heterocycles. The Kier molecular flexibility index (Phi) is 7.83. The molecule has 5 nitrogen and oxygen atoms in total. The van der Waals surface area contributed by atoms with Crippen LogP contribution in [0.5, 0.6) is 0 Å². The smallest absolute Gasteiger partial charge is 0.191 e. The van der Waals surface area contributed by atoms with Gasteiger partial charge in [0.1, 0.15) is 0 Å². The fourth-order valence-electron chi connectivity index (χ4n) is 3.09. The highest BCUT2D eigenvalue weighted by atomic mass is 32.2. The number of rotatable bonds is 5. The summed E-state index contributed by atoms with van der Waals surface area (Å²) < 4.78 is 5.52. The molecule has 0 aromatic heterocycles. The van der Waals surface area contributed by atoms with E-state index in [1.165, 1.54) is 24.3 Å². The van der Waals surface area contributed by atoms with E-state index in [0.717, 1.165) is 38.8 Å². The molecule has 0 saturated carbocycles. The molecule has 22 heavy (non-hydrogen) atoms. The van der Waals surface area contributed by atoms with Crippen LogP contribution in [0.2, 0.25) is 0 Å². The Morgan fingerprint density at radius 3 is 3.05 bits per heavy atom. The number of nitrogens with one attached hydrogen (secondary N) is 2. The van der Waals surface area contributed by atoms with Gasteiger partial charge in [-0.25, -0.2) is 0 Å². The van der Waals surface area contributed by atoms with Gasteiger partial charge in [0.25, 0.3) is 0 Å². The Hall–Kier alpha value is -0.460. The molecule has 2 fully saturated rings. The van der Waals surface area contributed by atoms with Crippen molar-refractivity contribution in [2.45, 2.75) is 51.7 Å². The number of aliphatic imine (C=N–C) groups is 1. The van der Waals surface area contributed by atoms with E-state index in [-0.39, 0.29) is 0 Å². The maximum absolute atomic E-state index is 5.52. The lowest BCUT2D eigenvalue weighted by Crippen LogP contribution is -2.50. The second-order valence-electron chi connectivity index (χ2n) is 6.29. The molecule has 0 aromatic rings. The Morgan fingerprint density at radius 1 is 1.50 bits per heavy atom. The first-order valence-corrected chi connectivity index (χ1v) is 9.82. The summed E-state index contributed by atoms with van der Waals surface area (Å²) in [5.41, 5.74) is 0. The van der Waals surface area contributed by atoms with Crippen molar-refractivity contribution in [1.29, 1.82) is 0 Å². The lowest BCUT2D eigenvalue weighted by Gasteiger charge is -2.37. The first-order chi connectivity index (χ1) is 10.7. The van der Waals surface area contributed by atoms with E-state index in [1.807, 2.05) is 11.8 Å². The van der Waals surface area contributed by atoms with Crippen LogP contribution in [-0.4, -0.2) is 73.3 Å². The van der Waals surface area contributed by atoms with Crippen LogP contribution in [0.25, 0.3) is 0 Å². The van der Waals surface area contributed by atoms with Crippen LogP contribution in [0.4, 0.5) is 0 Å². The summed E-state index contributed by atoms with van der Waals surface area (Å²) in [7, 11) is 0. The van der Waals surface area contributed by atoms with E-state index >= 15 is 0 Å². The van der Waals surface area contributed by atoms with Gasteiger partial charge in [-0.2, -0.15) is 11.8 Å². The zero-order chi connectivity index (χ0) is 15.8. The largest absolute Gasteiger partial charge is 0.379 e. The van der Waals surface area contributed by atoms with E-state index in [2.05, 4.69) is 36.3 Å². The van der Waals surface area contributed by atoms with Crippen LogP contribution in [0, 0.1) is 0 Å². The molecule has 128 valence electrons. The molecule has 3 unspecified atom stereocenters. The Bertz CT molecular complexity index is 347. The summed E-state index contributed by atoms with van der Waals surface area (Å²) in [4.78, 5) is 7.33. The lowest BCUT2D eigenvalue weighted by atomic mass is 10.2. The number of morpholine rings is 1. The lowest BCUT2D eigenvalue weighted by molar-refractivity contribution is -0.0165. The third-order valence-corrected chi connectivity index (χ3v) is 5.56. The van der Waals surface area contributed by atoms with E-state index in [0.29, 0.717) is 18.1 Å². The molecule has 0 aliphatic carbocycles. The van der Waals surface area contributed by atoms with Gasteiger partial charge in [0.2, 0.25) is 0 Å². The number of thioether (sulfide) groups is 1. The molecule has 2 saturated heterocycles. The summed E-state index contributed by atoms with van der Waals surface area (Å²) in [6.45, 7) is 11.1. The highest BCUT2D eigenvalue weighted by molar-refractivity contribution is 7.99. The predicted molar refractivity (Wildman–Crippen MR) is 95.9 cm³/mol. The van der Waals surface area contributed by atoms with E-state index in [4.69, 9.17) is 9.73 Å². The van der Waals surface area contributed by atoms with Gasteiger partial charge in [0.15, 0.2) is 5.96 Å². The third-order valence-electron chi connectivity index (χ3n) is 4.34. The standard InChI is InChI=1S/C16H32N4OS/c1-4-17-16(19-15-6-5-9-22-12-15)18-10-13(2)20-7-8-21-11-14(20)3/h13-15H,4-12H2,1-3H3,(H2,17,18,19). The quantitative estimate of drug-likeness (QED) is 0.592. The van der Waals surface area contributed by atoms with Crippen LogP contribution in [0.3, 0.4) is 0 Å². The summed E-state index contributed by atoms with van der Waals surface area (Å²) in [6.07, 6.45) is 2.57. The Labute approximate surface area is 139 Å². The van der Waals surface area contributed by atoms with Gasteiger partial charge >= 0.3 is 0 Å². The molecule has 2 N–H and O–H groups in total. The summed E-state index contributed by atoms with van der Waals surface area (Å²) >= 11 is 2.04. The highest BCUT2D eigenvalue weighted by Crippen LogP contribution is 2.16. The molecule has 2 heterocycles. The third kappa shape index (κ3) is 5.63. The Morgan fingerprint density at radius 2 is 2.36 bits per heavy atom. The molecular weight excluding hydrogens is 296 g/mol. The van der Waals surface area contributed by atoms with Crippen molar-refractivity contribution in [3.8, 4) is 0 Å². The minimum Gasteiger partial charge on any atom is -0.379 e. The van der Waals surface area contributed by atoms with Gasteiger partial charge in [-0.3, -0.25) is 9.89 Å². The van der Waals surface area contributed by atoms with Crippen molar-refractivity contribution in [3.05, 3.63) is 0 Å². The van der Waals surface area contributed by atoms with Gasteiger partial charge in [-0.1, -0.05) is 0 Å². The van der Waals surface area contributed by atoms with E-state index in [1.54, 1.807) is 0 Å². The summed E-state index contributed by atoms with van der Waals surface area (Å²) in [5.74, 6) is 3.47. The Balaban J connectivity index is 1.85. The number of hydrogen-bond acceptors (Lipinski definition) is 4. The second kappa shape index (κ2) is 9.63. The first-order valence-electron chi connectivity index (χ1n) is 8.66. The maximum Gasteiger partial charge on any atom is 0.191 e. The van der Waals surface area contributed by atoms with Crippen LogP contribution in [0.15, 0.2) is 4.99 Å². The number of nitrogens with zero attached hydrogens (tertiary/aromatic N) is 2. The zero-order valence-corrected chi connectivity index (χ0v) is 15.1. The van der Waals surface area contributed by atoms with Crippen molar-refractivity contribution in [3.63, 3.8) is 0 Å². The van der Waals surface area contributed by atoms with Crippen molar-refractivity contribution in [1.82, 2.24) is 15.5 Å². The normalized spacial score (nSPS) is 29.1. The number of hydrogen-bond donors (Lipinski definition) is 2. The minimum atomic E-state index is 0.454. The van der Waals surface area contributed by atoms with Crippen LogP contribution < -0.4 is 10.6 Å². The van der Waals surface area contributed by atoms with E-state index in [9.17, 15) is 0 Å². The molecule has 6 heteroatoms. The van der Waals surface area contributed by atoms with Gasteiger partial charge in [-0.05, 0) is 39.4 Å². The van der Waals surface area contributed by atoms with Crippen molar-refractivity contribution < 1.29 is 4.74 Å². The highest BCUT2D eigenvalue weighted by Gasteiger charge is 2.23. The fourth-order valence-corrected chi connectivity index (χ4v) is 4.16. The average molecular weight is 329 g/mol. The zero-order valence-electron chi connectivity index (χ0n) is 14.3. The average Bonchev–Trinajstić information content (AvgIpc) is 2.54. The fraction of sp³-hybridized carbons (Fsp3) is 0.938. The van der Waals surface area contributed by atoms with Crippen LogP contribution in [0.1, 0.15) is 33.6 Å². The number of guanidine groups is 1. The van der Waals surface area contributed by atoms with Gasteiger partial charge in [-0.15, -0.1) is 0 Å². The molecule has 2 rings (SSSR count). The van der Waals surface area contributed by atoms with Crippen molar-refractivity contribution in [2.24, 2.45) is 4.99 Å². The molecule has 0 aromatic carbocycles. The molecule has 0 radical (unpaired) electrons. The van der Waals surface area contributed by atoms with Crippen LogP contribution in [-0.2, 0) is 4.74 Å². The topological polar surface area (TPSA) is 48.9 Å². The summed E-state index contributed by atoms with van der Waals surface area (Å²) in [6, 6.07) is 1.51. The second-order valence-corrected chi connectivity index (χ2v) is 7.44. The van der Waals surface area contributed by atoms with Gasteiger partial charge in [0.05, 0.1) is 19.8 Å².